The molecule has 2 heterocycles. The van der Waals surface area contributed by atoms with E-state index in [1.54, 1.807) is 12.3 Å². The number of fused-ring (bicyclic) bond motifs is 1. The zero-order valence-electron chi connectivity index (χ0n) is 10.5. The summed E-state index contributed by atoms with van der Waals surface area (Å²) in [5, 5.41) is 2.77. The zero-order valence-corrected chi connectivity index (χ0v) is 10.5. The Bertz CT molecular complexity index is 648. The van der Waals surface area contributed by atoms with Crippen molar-refractivity contribution in [2.24, 2.45) is 0 Å². The van der Waals surface area contributed by atoms with Gasteiger partial charge in [0.1, 0.15) is 11.6 Å². The summed E-state index contributed by atoms with van der Waals surface area (Å²) in [6.07, 6.45) is 4.38. The van der Waals surface area contributed by atoms with Gasteiger partial charge in [0.05, 0.1) is 17.1 Å². The first-order valence-corrected chi connectivity index (χ1v) is 6.08. The van der Waals surface area contributed by atoms with Gasteiger partial charge in [0, 0.05) is 24.9 Å². The molecule has 98 valence electrons. The quantitative estimate of drug-likeness (QED) is 0.796. The number of ether oxygens (including phenoxy) is 1. The Kier molecular flexibility index (Phi) is 2.63. The van der Waals surface area contributed by atoms with Crippen LogP contribution in [0.5, 0.6) is 5.75 Å². The number of imidazole rings is 1. The fraction of sp³-hybridized carbons (Fsp3) is 0.231. The Morgan fingerprint density at radius 1 is 1.53 bits per heavy atom. The van der Waals surface area contributed by atoms with E-state index >= 15 is 0 Å². The normalized spacial score (nSPS) is 13.6. The van der Waals surface area contributed by atoms with Crippen molar-refractivity contribution in [3.63, 3.8) is 0 Å². The highest BCUT2D eigenvalue weighted by Gasteiger charge is 2.19. The average Bonchev–Trinajstić information content (AvgIpc) is 2.86. The first-order chi connectivity index (χ1) is 9.19. The summed E-state index contributed by atoms with van der Waals surface area (Å²) in [5.74, 6) is 1.35. The van der Waals surface area contributed by atoms with Gasteiger partial charge in [-0.25, -0.2) is 4.98 Å². The molecule has 1 aliphatic rings. The van der Waals surface area contributed by atoms with Crippen LogP contribution in [0, 0.1) is 0 Å². The Balaban J connectivity index is 2.12. The van der Waals surface area contributed by atoms with Crippen LogP contribution in [-0.2, 0) is 11.2 Å². The third-order valence-electron chi connectivity index (χ3n) is 3.05. The predicted molar refractivity (Wildman–Crippen MR) is 71.5 cm³/mol. The fourth-order valence-corrected chi connectivity index (χ4v) is 2.15. The molecule has 0 spiro atoms. The molecule has 3 N–H and O–H groups in total. The van der Waals surface area contributed by atoms with Crippen molar-refractivity contribution in [1.29, 1.82) is 0 Å². The lowest BCUT2D eigenvalue weighted by Crippen LogP contribution is -2.25. The van der Waals surface area contributed by atoms with E-state index in [1.165, 1.54) is 0 Å². The van der Waals surface area contributed by atoms with Gasteiger partial charge in [0.25, 0.3) is 5.91 Å². The third-order valence-corrected chi connectivity index (χ3v) is 3.05. The Morgan fingerprint density at radius 2 is 2.37 bits per heavy atom. The second-order valence-electron chi connectivity index (χ2n) is 4.31. The third kappa shape index (κ3) is 1.91. The molecule has 0 saturated heterocycles. The summed E-state index contributed by atoms with van der Waals surface area (Å²) in [6.45, 7) is 2.05. The number of nitrogens with zero attached hydrogens (tertiary/aromatic N) is 2. The second-order valence-corrected chi connectivity index (χ2v) is 4.31. The van der Waals surface area contributed by atoms with Gasteiger partial charge in [0.2, 0.25) is 0 Å². The molecule has 0 saturated carbocycles. The molecule has 0 unspecified atom stereocenters. The molecule has 1 aromatic carbocycles. The minimum Gasteiger partial charge on any atom is -0.482 e. The highest BCUT2D eigenvalue weighted by atomic mass is 16.5. The number of carbonyl (C=O) groups excluding carboxylic acids is 1. The number of rotatable bonds is 2. The molecule has 19 heavy (non-hydrogen) atoms. The highest BCUT2D eigenvalue weighted by Crippen LogP contribution is 2.34. The SMILES string of the molecule is CCc1nccn1-c1cc2c(cc1N)OCC(=O)N2. The maximum absolute atomic E-state index is 11.3. The number of nitrogens with two attached hydrogens (primary N) is 1. The molecule has 1 amide bonds. The van der Waals surface area contributed by atoms with Crippen LogP contribution < -0.4 is 15.8 Å². The Labute approximate surface area is 110 Å². The summed E-state index contributed by atoms with van der Waals surface area (Å²) < 4.78 is 7.24. The van der Waals surface area contributed by atoms with E-state index in [9.17, 15) is 4.79 Å². The molecule has 2 aromatic rings. The van der Waals surface area contributed by atoms with E-state index in [0.29, 0.717) is 17.1 Å². The largest absolute Gasteiger partial charge is 0.482 e. The van der Waals surface area contributed by atoms with Crippen molar-refractivity contribution in [3.8, 4) is 11.4 Å². The molecule has 0 fully saturated rings. The van der Waals surface area contributed by atoms with Crippen LogP contribution in [-0.4, -0.2) is 22.1 Å². The van der Waals surface area contributed by atoms with E-state index in [-0.39, 0.29) is 12.5 Å². The summed E-state index contributed by atoms with van der Waals surface area (Å²) in [5.41, 5.74) is 8.06. The summed E-state index contributed by atoms with van der Waals surface area (Å²) in [6, 6.07) is 3.53. The van der Waals surface area contributed by atoms with Crippen LogP contribution in [0.15, 0.2) is 24.5 Å². The van der Waals surface area contributed by atoms with Gasteiger partial charge in [-0.15, -0.1) is 0 Å². The smallest absolute Gasteiger partial charge is 0.262 e. The molecule has 6 heteroatoms. The van der Waals surface area contributed by atoms with Gasteiger partial charge in [-0.2, -0.15) is 0 Å². The number of amides is 1. The van der Waals surface area contributed by atoms with Gasteiger partial charge in [-0.3, -0.25) is 4.79 Å². The lowest BCUT2D eigenvalue weighted by molar-refractivity contribution is -0.118. The van der Waals surface area contributed by atoms with Crippen LogP contribution in [0.4, 0.5) is 11.4 Å². The molecule has 0 bridgehead atoms. The topological polar surface area (TPSA) is 82.2 Å². The second kappa shape index (κ2) is 4.31. The lowest BCUT2D eigenvalue weighted by Gasteiger charge is -2.20. The van der Waals surface area contributed by atoms with Gasteiger partial charge < -0.3 is 20.4 Å². The van der Waals surface area contributed by atoms with Crippen molar-refractivity contribution in [2.75, 3.05) is 17.7 Å². The average molecular weight is 258 g/mol. The molecule has 6 nitrogen and oxygen atoms in total. The zero-order chi connectivity index (χ0) is 13.4. The molecule has 1 aliphatic heterocycles. The first-order valence-electron chi connectivity index (χ1n) is 6.08. The van der Waals surface area contributed by atoms with Crippen LogP contribution in [0.25, 0.3) is 5.69 Å². The van der Waals surface area contributed by atoms with Crippen LogP contribution >= 0.6 is 0 Å². The summed E-state index contributed by atoms with van der Waals surface area (Å²) >= 11 is 0. The summed E-state index contributed by atoms with van der Waals surface area (Å²) in [4.78, 5) is 15.6. The van der Waals surface area contributed by atoms with Crippen molar-refractivity contribution < 1.29 is 9.53 Å². The van der Waals surface area contributed by atoms with Crippen molar-refractivity contribution >= 4 is 17.3 Å². The maximum Gasteiger partial charge on any atom is 0.262 e. The number of nitrogen functional groups attached to an aromatic ring is 1. The van der Waals surface area contributed by atoms with E-state index in [1.807, 2.05) is 23.8 Å². The number of hydrogen-bond donors (Lipinski definition) is 2. The molecule has 3 rings (SSSR count). The van der Waals surface area contributed by atoms with Crippen molar-refractivity contribution in [2.45, 2.75) is 13.3 Å². The van der Waals surface area contributed by atoms with Gasteiger partial charge in [-0.1, -0.05) is 6.92 Å². The molecule has 0 aliphatic carbocycles. The summed E-state index contributed by atoms with van der Waals surface area (Å²) in [7, 11) is 0. The van der Waals surface area contributed by atoms with Crippen LogP contribution in [0.2, 0.25) is 0 Å². The number of benzene rings is 1. The number of nitrogens with one attached hydrogen (secondary N) is 1. The first kappa shape index (κ1) is 11.6. The Hall–Kier alpha value is -2.50. The number of anilines is 2. The van der Waals surface area contributed by atoms with Gasteiger partial charge >= 0.3 is 0 Å². The number of aromatic nitrogens is 2. The maximum atomic E-state index is 11.3. The van der Waals surface area contributed by atoms with E-state index in [4.69, 9.17) is 10.5 Å². The van der Waals surface area contributed by atoms with E-state index < -0.39 is 0 Å². The fourth-order valence-electron chi connectivity index (χ4n) is 2.15. The molecule has 0 atom stereocenters. The number of hydrogen-bond acceptors (Lipinski definition) is 4. The van der Waals surface area contributed by atoms with E-state index in [0.717, 1.165) is 17.9 Å². The number of carbonyl (C=O) groups is 1. The monoisotopic (exact) mass is 258 g/mol. The Morgan fingerprint density at radius 3 is 3.16 bits per heavy atom. The van der Waals surface area contributed by atoms with Gasteiger partial charge in [0.15, 0.2) is 6.61 Å². The molecular weight excluding hydrogens is 244 g/mol. The number of aryl methyl sites for hydroxylation is 1. The molecule has 1 aromatic heterocycles. The standard InChI is InChI=1S/C13H14N4O2/c1-2-12-15-3-4-17(12)10-6-9-11(5-8(10)14)19-7-13(18)16-9/h3-6H,2,7,14H2,1H3,(H,16,18). The minimum absolute atomic E-state index is 0.0249. The van der Waals surface area contributed by atoms with Crippen LogP contribution in [0.3, 0.4) is 0 Å². The molecular formula is C13H14N4O2. The van der Waals surface area contributed by atoms with Crippen molar-refractivity contribution in [1.82, 2.24) is 9.55 Å². The van der Waals surface area contributed by atoms with Crippen molar-refractivity contribution in [3.05, 3.63) is 30.4 Å². The van der Waals surface area contributed by atoms with Gasteiger partial charge in [-0.05, 0) is 6.07 Å². The predicted octanol–water partition coefficient (Wildman–Crippen LogP) is 1.35. The molecule has 0 radical (unpaired) electrons. The lowest BCUT2D eigenvalue weighted by atomic mass is 10.2. The minimum atomic E-state index is -0.162. The highest BCUT2D eigenvalue weighted by molar-refractivity contribution is 5.96. The van der Waals surface area contributed by atoms with E-state index in [2.05, 4.69) is 10.3 Å². The van der Waals surface area contributed by atoms with Crippen LogP contribution in [0.1, 0.15) is 12.7 Å².